The fourth-order valence-corrected chi connectivity index (χ4v) is 4.59. The van der Waals surface area contributed by atoms with E-state index in [-0.39, 0.29) is 31.6 Å². The molecular weight excluding hydrogens is 595 g/mol. The Morgan fingerprint density at radius 1 is 1.03 bits per heavy atom. The molecule has 0 bridgehead atoms. The molecule has 0 saturated heterocycles. The molecule has 2 heterocycles. The molecule has 2 aromatic heterocycles. The zero-order valence-corrected chi connectivity index (χ0v) is 22.0. The fraction of sp³-hybridized carbons (Fsp3) is 0.185. The summed E-state index contributed by atoms with van der Waals surface area (Å²) in [6.45, 7) is 9.22. The van der Waals surface area contributed by atoms with Crippen molar-refractivity contribution < 1.29 is 30.0 Å². The van der Waals surface area contributed by atoms with Gasteiger partial charge in [-0.05, 0) is 43.7 Å². The monoisotopic (exact) mass is 621 g/mol. The minimum absolute atomic E-state index is 0. The van der Waals surface area contributed by atoms with E-state index in [0.717, 1.165) is 22.3 Å². The Labute approximate surface area is 207 Å². The van der Waals surface area contributed by atoms with Gasteiger partial charge in [-0.3, -0.25) is 9.78 Å². The topological polar surface area (TPSA) is 50.2 Å². The summed E-state index contributed by atoms with van der Waals surface area (Å²) >= 11 is 1.81. The van der Waals surface area contributed by atoms with Crippen molar-refractivity contribution in [3.05, 3.63) is 89.2 Å². The Kier molecular flexibility index (Phi) is 9.09. The van der Waals surface area contributed by atoms with E-state index < -0.39 is 0 Å². The van der Waals surface area contributed by atoms with Crippen LogP contribution in [0.1, 0.15) is 30.5 Å². The number of aliphatic hydroxyl groups excluding tert-OH is 1. The van der Waals surface area contributed by atoms with Crippen molar-refractivity contribution in [2.24, 2.45) is 0 Å². The molecule has 0 aliphatic carbocycles. The van der Waals surface area contributed by atoms with Crippen molar-refractivity contribution >= 4 is 27.3 Å². The van der Waals surface area contributed by atoms with E-state index >= 15 is 0 Å². The maximum atomic E-state index is 10.0. The molecule has 4 aromatic rings. The smallest absolute Gasteiger partial charge is 0.155 e. The van der Waals surface area contributed by atoms with Gasteiger partial charge >= 0.3 is 0 Å². The number of rotatable bonds is 3. The summed E-state index contributed by atoms with van der Waals surface area (Å²) < 4.78 is 1.24. The summed E-state index contributed by atoms with van der Waals surface area (Å²) in [5.74, 6) is -0.0625. The number of hydrogen-bond acceptors (Lipinski definition) is 4. The van der Waals surface area contributed by atoms with Crippen molar-refractivity contribution in [3.8, 4) is 21.7 Å². The molecule has 0 aliphatic heterocycles. The number of pyridine rings is 1. The first-order valence-electron chi connectivity index (χ1n) is 10.1. The number of nitrogens with zero attached hydrogens (tertiary/aromatic N) is 1. The molecular formula is C27H26IrNO2S-. The summed E-state index contributed by atoms with van der Waals surface area (Å²) in [5.41, 5.74) is 8.08. The summed E-state index contributed by atoms with van der Waals surface area (Å²) in [4.78, 5) is 16.3. The largest absolute Gasteiger partial charge is 0.512 e. The molecule has 0 unspecified atom stereocenters. The summed E-state index contributed by atoms with van der Waals surface area (Å²) in [6, 6.07) is 22.6. The first kappa shape index (κ1) is 25.7. The minimum atomic E-state index is -0.125. The van der Waals surface area contributed by atoms with Crippen LogP contribution < -0.4 is 0 Å². The number of ketones is 1. The van der Waals surface area contributed by atoms with Gasteiger partial charge in [0.1, 0.15) is 0 Å². The molecule has 0 atom stereocenters. The van der Waals surface area contributed by atoms with Crippen molar-refractivity contribution in [1.29, 1.82) is 0 Å². The number of carbonyl (C=O) groups is 1. The molecule has 32 heavy (non-hydrogen) atoms. The predicted molar refractivity (Wildman–Crippen MR) is 131 cm³/mol. The number of allylic oxidation sites excluding steroid dienone is 2. The first-order valence-corrected chi connectivity index (χ1v) is 10.9. The quantitative estimate of drug-likeness (QED) is 0.148. The molecule has 1 N–H and O–H groups in total. The molecule has 0 saturated carbocycles. The van der Waals surface area contributed by atoms with Gasteiger partial charge in [-0.15, -0.1) is 46.2 Å². The van der Waals surface area contributed by atoms with Crippen molar-refractivity contribution in [1.82, 2.24) is 4.98 Å². The Balaban J connectivity index is 0.000000398. The Hall–Kier alpha value is -2.59. The second kappa shape index (κ2) is 11.3. The van der Waals surface area contributed by atoms with Crippen LogP contribution in [0, 0.1) is 26.8 Å². The van der Waals surface area contributed by atoms with E-state index in [1.54, 1.807) is 0 Å². The third-order valence-electron chi connectivity index (χ3n) is 4.64. The maximum absolute atomic E-state index is 10.0. The second-order valence-electron chi connectivity index (χ2n) is 7.62. The van der Waals surface area contributed by atoms with Crippen LogP contribution in [-0.2, 0) is 24.9 Å². The van der Waals surface area contributed by atoms with Crippen molar-refractivity contribution in [2.75, 3.05) is 0 Å². The first-order chi connectivity index (χ1) is 14.7. The maximum Gasteiger partial charge on any atom is 0.155 e. The number of fused-ring (bicyclic) bond motifs is 1. The third-order valence-corrected chi connectivity index (χ3v) is 5.93. The third kappa shape index (κ3) is 6.46. The van der Waals surface area contributed by atoms with Gasteiger partial charge in [0.25, 0.3) is 0 Å². The molecule has 2 aromatic carbocycles. The Morgan fingerprint density at radius 2 is 1.72 bits per heavy atom. The zero-order chi connectivity index (χ0) is 22.5. The van der Waals surface area contributed by atoms with Gasteiger partial charge < -0.3 is 5.11 Å². The van der Waals surface area contributed by atoms with E-state index in [0.29, 0.717) is 0 Å². The van der Waals surface area contributed by atoms with Crippen molar-refractivity contribution in [2.45, 2.75) is 34.6 Å². The number of aromatic nitrogens is 1. The summed E-state index contributed by atoms with van der Waals surface area (Å²) in [5, 5.41) is 8.36. The minimum Gasteiger partial charge on any atom is -0.512 e. The van der Waals surface area contributed by atoms with Crippen LogP contribution in [0.4, 0.5) is 0 Å². The van der Waals surface area contributed by atoms with Crippen LogP contribution in [0.15, 0.2) is 66.4 Å². The number of thiophene rings is 1. The predicted octanol–water partition coefficient (Wildman–Crippen LogP) is 7.39. The van der Waals surface area contributed by atoms with E-state index in [9.17, 15) is 4.79 Å². The second-order valence-corrected chi connectivity index (χ2v) is 8.67. The number of aliphatic hydroxyl groups is 1. The number of benzene rings is 2. The summed E-state index contributed by atoms with van der Waals surface area (Å²) in [7, 11) is 0. The van der Waals surface area contributed by atoms with Crippen LogP contribution in [0.25, 0.3) is 31.9 Å². The molecule has 0 spiro atoms. The van der Waals surface area contributed by atoms with Gasteiger partial charge in [0.2, 0.25) is 0 Å². The number of aryl methyl sites for hydroxylation is 3. The van der Waals surface area contributed by atoms with E-state index in [1.807, 2.05) is 11.3 Å². The van der Waals surface area contributed by atoms with Crippen LogP contribution in [0.2, 0.25) is 0 Å². The van der Waals surface area contributed by atoms with Gasteiger partial charge in [-0.25, -0.2) is 0 Å². The Bertz CT molecular complexity index is 1240. The molecule has 3 nitrogen and oxygen atoms in total. The van der Waals surface area contributed by atoms with Gasteiger partial charge in [-0.1, -0.05) is 50.2 Å². The molecule has 167 valence electrons. The van der Waals surface area contributed by atoms with Crippen LogP contribution in [0.3, 0.4) is 0 Å². The standard InChI is InChI=1S/C22H18NS.C5H8O2.Ir/c1-14-11-15(2)13-18(12-14)19-9-10-20-21(23-19)16(3)22(24-20)17-7-5-4-6-8-17;1-4(6)3-5(2)7;/h4-12H,1-3H3;3,6H,1-2H3;/q-1;;/b;4-3-;. The Morgan fingerprint density at radius 3 is 2.28 bits per heavy atom. The van der Waals surface area contributed by atoms with E-state index in [4.69, 9.17) is 10.1 Å². The van der Waals surface area contributed by atoms with Gasteiger partial charge in [-0.2, -0.15) is 0 Å². The van der Waals surface area contributed by atoms with Crippen molar-refractivity contribution in [3.63, 3.8) is 0 Å². The normalized spacial score (nSPS) is 10.8. The molecule has 0 aliphatic rings. The van der Waals surface area contributed by atoms with Gasteiger partial charge in [0.05, 0.1) is 16.0 Å². The molecule has 4 rings (SSSR count). The van der Waals surface area contributed by atoms with Crippen LogP contribution >= 0.6 is 11.3 Å². The average Bonchev–Trinajstić information content (AvgIpc) is 3.03. The number of hydrogen-bond donors (Lipinski definition) is 1. The molecule has 0 fully saturated rings. The molecule has 1 radical (unpaired) electrons. The van der Waals surface area contributed by atoms with E-state index in [1.165, 1.54) is 46.2 Å². The van der Waals surface area contributed by atoms with E-state index in [2.05, 4.69) is 81.4 Å². The van der Waals surface area contributed by atoms with Crippen LogP contribution in [-0.4, -0.2) is 15.9 Å². The van der Waals surface area contributed by atoms with Crippen LogP contribution in [0.5, 0.6) is 0 Å². The molecule has 0 amide bonds. The van der Waals surface area contributed by atoms with Gasteiger partial charge in [0, 0.05) is 31.1 Å². The molecule has 5 heteroatoms. The average molecular weight is 621 g/mol. The zero-order valence-electron chi connectivity index (χ0n) is 18.8. The fourth-order valence-electron chi connectivity index (χ4n) is 3.43. The number of carbonyl (C=O) groups excluding carboxylic acids is 1. The SMILES string of the molecule is CC(=O)/C=C(/C)O.Cc1[c-]c(-c2ccc3sc(-c4ccccc4)c(C)c3n2)cc(C)c1.[Ir]. The summed E-state index contributed by atoms with van der Waals surface area (Å²) in [6.07, 6.45) is 1.17. The van der Waals surface area contributed by atoms with Gasteiger partial charge in [0.15, 0.2) is 5.78 Å².